The van der Waals surface area contributed by atoms with E-state index in [0.717, 1.165) is 51.9 Å². The van der Waals surface area contributed by atoms with Crippen LogP contribution < -0.4 is 5.32 Å². The molecule has 1 aliphatic rings. The molecule has 0 aromatic rings. The summed E-state index contributed by atoms with van der Waals surface area (Å²) in [5.41, 5.74) is 0. The van der Waals surface area contributed by atoms with Gasteiger partial charge in [0.2, 0.25) is 0 Å². The number of rotatable bonds is 6. The number of piperidine rings is 1. The van der Waals surface area contributed by atoms with Crippen LogP contribution in [0.5, 0.6) is 0 Å². The van der Waals surface area contributed by atoms with Gasteiger partial charge < -0.3 is 10.4 Å². The van der Waals surface area contributed by atoms with Crippen LogP contribution >= 0.6 is 0 Å². The van der Waals surface area contributed by atoms with Crippen LogP contribution in [0.15, 0.2) is 0 Å². The van der Waals surface area contributed by atoms with E-state index in [-0.39, 0.29) is 6.10 Å². The lowest BCUT2D eigenvalue weighted by atomic mass is 10.0. The predicted octanol–water partition coefficient (Wildman–Crippen LogP) is 0.835. The van der Waals surface area contributed by atoms with Gasteiger partial charge in [0.1, 0.15) is 0 Å². The summed E-state index contributed by atoms with van der Waals surface area (Å²) >= 11 is 0. The Labute approximate surface area is 99.2 Å². The summed E-state index contributed by atoms with van der Waals surface area (Å²) in [5, 5.41) is 13.1. The van der Waals surface area contributed by atoms with E-state index in [2.05, 4.69) is 23.1 Å². The second-order valence-electron chi connectivity index (χ2n) is 4.61. The van der Waals surface area contributed by atoms with Gasteiger partial charge in [0.15, 0.2) is 0 Å². The number of nitrogens with zero attached hydrogens (tertiary/aromatic N) is 1. The molecular formula is C13H24N2O. The van der Waals surface area contributed by atoms with E-state index >= 15 is 0 Å². The first-order valence-electron chi connectivity index (χ1n) is 6.33. The van der Waals surface area contributed by atoms with Gasteiger partial charge in [-0.1, -0.05) is 19.3 Å². The normalized spacial score (nSPS) is 20.6. The fraction of sp³-hybridized carbons (Fsp3) is 0.846. The molecule has 0 saturated carbocycles. The molecule has 0 amide bonds. The SMILES string of the molecule is C#CCN1CCC(NCC(O)CCC)CC1. The molecule has 3 heteroatoms. The highest BCUT2D eigenvalue weighted by Gasteiger charge is 2.18. The molecule has 1 rings (SSSR count). The minimum atomic E-state index is -0.186. The summed E-state index contributed by atoms with van der Waals surface area (Å²) < 4.78 is 0. The standard InChI is InChI=1S/C13H24N2O/c1-3-5-13(16)11-14-12-6-9-15(8-4-2)10-7-12/h2,12-14,16H,3,5-11H2,1H3. The number of hydrogen-bond acceptors (Lipinski definition) is 3. The Hall–Kier alpha value is -0.560. The maximum atomic E-state index is 9.62. The van der Waals surface area contributed by atoms with Crippen LogP contribution in [0.1, 0.15) is 32.6 Å². The first-order chi connectivity index (χ1) is 7.76. The molecular weight excluding hydrogens is 200 g/mol. The Bertz CT molecular complexity index is 216. The van der Waals surface area contributed by atoms with Crippen molar-refractivity contribution in [1.29, 1.82) is 0 Å². The van der Waals surface area contributed by atoms with Crippen LogP contribution in [-0.4, -0.2) is 48.3 Å². The van der Waals surface area contributed by atoms with Gasteiger partial charge in [-0.15, -0.1) is 6.42 Å². The lowest BCUT2D eigenvalue weighted by molar-refractivity contribution is 0.145. The number of aliphatic hydroxyl groups excluding tert-OH is 1. The second-order valence-corrected chi connectivity index (χ2v) is 4.61. The van der Waals surface area contributed by atoms with Gasteiger partial charge >= 0.3 is 0 Å². The maximum absolute atomic E-state index is 9.62. The van der Waals surface area contributed by atoms with Crippen molar-refractivity contribution in [2.45, 2.75) is 44.8 Å². The highest BCUT2D eigenvalue weighted by molar-refractivity contribution is 4.90. The summed E-state index contributed by atoms with van der Waals surface area (Å²) in [6, 6.07) is 0.556. The van der Waals surface area contributed by atoms with E-state index in [1.807, 2.05) is 0 Å². The zero-order valence-electron chi connectivity index (χ0n) is 10.3. The number of terminal acetylenes is 1. The molecule has 1 aliphatic heterocycles. The lowest BCUT2D eigenvalue weighted by Crippen LogP contribution is -2.44. The molecule has 1 unspecified atom stereocenters. The molecule has 92 valence electrons. The maximum Gasteiger partial charge on any atom is 0.0664 e. The monoisotopic (exact) mass is 224 g/mol. The zero-order chi connectivity index (χ0) is 11.8. The van der Waals surface area contributed by atoms with Gasteiger partial charge in [0.25, 0.3) is 0 Å². The summed E-state index contributed by atoms with van der Waals surface area (Å²) in [6.07, 6.45) is 9.31. The molecule has 1 heterocycles. The van der Waals surface area contributed by atoms with Crippen molar-refractivity contribution < 1.29 is 5.11 Å². The van der Waals surface area contributed by atoms with Crippen LogP contribution in [0, 0.1) is 12.3 Å². The largest absolute Gasteiger partial charge is 0.392 e. The van der Waals surface area contributed by atoms with Crippen LogP contribution in [-0.2, 0) is 0 Å². The number of aliphatic hydroxyl groups is 1. The van der Waals surface area contributed by atoms with Crippen LogP contribution in [0.3, 0.4) is 0 Å². The van der Waals surface area contributed by atoms with E-state index in [4.69, 9.17) is 6.42 Å². The number of likely N-dealkylation sites (tertiary alicyclic amines) is 1. The van der Waals surface area contributed by atoms with Crippen LogP contribution in [0.25, 0.3) is 0 Å². The Kier molecular flexibility index (Phi) is 6.47. The fourth-order valence-corrected chi connectivity index (χ4v) is 2.16. The Balaban J connectivity index is 2.10. The third-order valence-electron chi connectivity index (χ3n) is 3.17. The van der Waals surface area contributed by atoms with Crippen molar-refractivity contribution in [1.82, 2.24) is 10.2 Å². The highest BCUT2D eigenvalue weighted by atomic mass is 16.3. The van der Waals surface area contributed by atoms with Crippen molar-refractivity contribution in [2.24, 2.45) is 0 Å². The Morgan fingerprint density at radius 3 is 2.75 bits per heavy atom. The predicted molar refractivity (Wildman–Crippen MR) is 67.2 cm³/mol. The third kappa shape index (κ3) is 4.98. The van der Waals surface area contributed by atoms with E-state index in [0.29, 0.717) is 6.04 Å². The average molecular weight is 224 g/mol. The van der Waals surface area contributed by atoms with E-state index in [9.17, 15) is 5.11 Å². The first-order valence-corrected chi connectivity index (χ1v) is 6.33. The third-order valence-corrected chi connectivity index (χ3v) is 3.17. The zero-order valence-corrected chi connectivity index (χ0v) is 10.3. The average Bonchev–Trinajstić information content (AvgIpc) is 2.29. The Morgan fingerprint density at radius 1 is 1.50 bits per heavy atom. The van der Waals surface area contributed by atoms with Gasteiger partial charge in [-0.3, -0.25) is 4.90 Å². The minimum Gasteiger partial charge on any atom is -0.392 e. The molecule has 0 aliphatic carbocycles. The van der Waals surface area contributed by atoms with Gasteiger partial charge in [-0.05, 0) is 19.3 Å². The quantitative estimate of drug-likeness (QED) is 0.656. The van der Waals surface area contributed by atoms with Crippen molar-refractivity contribution in [3.05, 3.63) is 0 Å². The van der Waals surface area contributed by atoms with Crippen molar-refractivity contribution in [3.8, 4) is 12.3 Å². The van der Waals surface area contributed by atoms with E-state index < -0.39 is 0 Å². The summed E-state index contributed by atoms with van der Waals surface area (Å²) in [7, 11) is 0. The lowest BCUT2D eigenvalue weighted by Gasteiger charge is -2.31. The van der Waals surface area contributed by atoms with Gasteiger partial charge in [-0.25, -0.2) is 0 Å². The minimum absolute atomic E-state index is 0.186. The number of hydrogen-bond donors (Lipinski definition) is 2. The molecule has 1 saturated heterocycles. The summed E-state index contributed by atoms with van der Waals surface area (Å²) in [4.78, 5) is 2.31. The van der Waals surface area contributed by atoms with Crippen molar-refractivity contribution in [2.75, 3.05) is 26.2 Å². The molecule has 1 atom stereocenters. The van der Waals surface area contributed by atoms with Gasteiger partial charge in [-0.2, -0.15) is 0 Å². The van der Waals surface area contributed by atoms with E-state index in [1.54, 1.807) is 0 Å². The van der Waals surface area contributed by atoms with Gasteiger partial charge in [0, 0.05) is 25.7 Å². The molecule has 1 fully saturated rings. The van der Waals surface area contributed by atoms with Crippen molar-refractivity contribution >= 4 is 0 Å². The van der Waals surface area contributed by atoms with E-state index in [1.165, 1.54) is 0 Å². The molecule has 0 radical (unpaired) electrons. The molecule has 0 spiro atoms. The summed E-state index contributed by atoms with van der Waals surface area (Å²) in [6.45, 7) is 5.75. The Morgan fingerprint density at radius 2 is 2.19 bits per heavy atom. The summed E-state index contributed by atoms with van der Waals surface area (Å²) in [5.74, 6) is 2.68. The molecule has 0 aromatic heterocycles. The molecule has 2 N–H and O–H groups in total. The molecule has 3 nitrogen and oxygen atoms in total. The highest BCUT2D eigenvalue weighted by Crippen LogP contribution is 2.09. The fourth-order valence-electron chi connectivity index (χ4n) is 2.16. The van der Waals surface area contributed by atoms with Gasteiger partial charge in [0.05, 0.1) is 12.6 Å². The molecule has 0 aromatic carbocycles. The van der Waals surface area contributed by atoms with Crippen LogP contribution in [0.4, 0.5) is 0 Å². The topological polar surface area (TPSA) is 35.5 Å². The smallest absolute Gasteiger partial charge is 0.0664 e. The second kappa shape index (κ2) is 7.67. The number of nitrogens with one attached hydrogen (secondary N) is 1. The van der Waals surface area contributed by atoms with Crippen LogP contribution in [0.2, 0.25) is 0 Å². The molecule has 0 bridgehead atoms. The van der Waals surface area contributed by atoms with Crippen molar-refractivity contribution in [3.63, 3.8) is 0 Å². The first kappa shape index (κ1) is 13.5. The molecule has 16 heavy (non-hydrogen) atoms.